The van der Waals surface area contributed by atoms with E-state index in [1.54, 1.807) is 0 Å². The topological polar surface area (TPSA) is 72.7 Å². The average Bonchev–Trinajstić information content (AvgIpc) is 3.17. The van der Waals surface area contributed by atoms with Crippen molar-refractivity contribution in [3.63, 3.8) is 0 Å². The van der Waals surface area contributed by atoms with Crippen LogP contribution < -0.4 is 5.32 Å². The van der Waals surface area contributed by atoms with Gasteiger partial charge in [0.05, 0.1) is 49.7 Å². The van der Waals surface area contributed by atoms with Crippen LogP contribution in [0, 0.1) is 0 Å². The van der Waals surface area contributed by atoms with Crippen LogP contribution in [0.15, 0.2) is 47.1 Å². The molecule has 2 aliphatic rings. The number of nitrogens with one attached hydrogen (secondary N) is 1. The highest BCUT2D eigenvalue weighted by atomic mass is 16.5. The monoisotopic (exact) mass is 394 g/mol. The first kappa shape index (κ1) is 18.7. The van der Waals surface area contributed by atoms with E-state index < -0.39 is 0 Å². The quantitative estimate of drug-likeness (QED) is 0.658. The Hall–Kier alpha value is -2.32. The van der Waals surface area contributed by atoms with E-state index in [9.17, 15) is 0 Å². The van der Waals surface area contributed by atoms with Gasteiger partial charge in [0.15, 0.2) is 5.76 Å². The fourth-order valence-electron chi connectivity index (χ4n) is 3.96. The van der Waals surface area contributed by atoms with Gasteiger partial charge in [-0.1, -0.05) is 23.4 Å². The van der Waals surface area contributed by atoms with Crippen molar-refractivity contribution in [2.24, 2.45) is 0 Å². The third kappa shape index (κ3) is 4.33. The number of hydrogen-bond donors (Lipinski definition) is 1. The van der Waals surface area contributed by atoms with Crippen molar-refractivity contribution in [3.8, 4) is 0 Å². The van der Waals surface area contributed by atoms with Gasteiger partial charge in [-0.2, -0.15) is 0 Å². The van der Waals surface area contributed by atoms with E-state index >= 15 is 0 Å². The van der Waals surface area contributed by atoms with Crippen molar-refractivity contribution in [1.29, 1.82) is 0 Å². The zero-order chi connectivity index (χ0) is 19.5. The summed E-state index contributed by atoms with van der Waals surface area (Å²) in [4.78, 5) is 6.89. The fraction of sp³-hybridized carbons (Fsp3) is 0.455. The number of nitrogens with zero attached hydrogens (tertiary/aromatic N) is 3. The van der Waals surface area contributed by atoms with Crippen LogP contribution in [-0.4, -0.2) is 60.1 Å². The van der Waals surface area contributed by atoms with Gasteiger partial charge >= 0.3 is 0 Å². The summed E-state index contributed by atoms with van der Waals surface area (Å²) in [6.07, 6.45) is 2.74. The minimum atomic E-state index is -0.0985. The molecule has 152 valence electrons. The number of morpholine rings is 1. The highest BCUT2D eigenvalue weighted by Crippen LogP contribution is 2.24. The molecule has 2 aliphatic heterocycles. The van der Waals surface area contributed by atoms with Gasteiger partial charge in [0.1, 0.15) is 0 Å². The first-order chi connectivity index (χ1) is 14.3. The van der Waals surface area contributed by atoms with E-state index in [1.165, 1.54) is 5.56 Å². The molecular formula is C22H26N4O3. The summed E-state index contributed by atoms with van der Waals surface area (Å²) in [5.41, 5.74) is 3.07. The van der Waals surface area contributed by atoms with Crippen LogP contribution in [0.1, 0.15) is 17.0 Å². The van der Waals surface area contributed by atoms with E-state index in [4.69, 9.17) is 14.0 Å². The molecule has 7 heteroatoms. The van der Waals surface area contributed by atoms with Crippen LogP contribution in [0.25, 0.3) is 10.9 Å². The lowest BCUT2D eigenvalue weighted by Crippen LogP contribution is -2.61. The van der Waals surface area contributed by atoms with Crippen molar-refractivity contribution >= 4 is 10.9 Å². The highest BCUT2D eigenvalue weighted by Gasteiger charge is 2.39. The van der Waals surface area contributed by atoms with Crippen LogP contribution in [0.2, 0.25) is 0 Å². The standard InChI is InChI=1S/C22H26N4O3/c1-2-4-21-18(3-1)9-17(12-23-21)13-24-22(15-28-16-22)11-19-10-20(29-25-19)14-26-5-7-27-8-6-26/h1-4,9-10,12,24H,5-8,11,13-16H2. The number of rotatable bonds is 7. The Labute approximate surface area is 170 Å². The van der Waals surface area contributed by atoms with Gasteiger partial charge < -0.3 is 19.3 Å². The maximum atomic E-state index is 5.58. The molecule has 1 aromatic carbocycles. The maximum Gasteiger partial charge on any atom is 0.150 e. The predicted octanol–water partition coefficient (Wildman–Crippen LogP) is 2.16. The lowest BCUT2D eigenvalue weighted by atomic mass is 9.91. The SMILES string of the molecule is c1ccc2ncc(CNC3(Cc4cc(CN5CCOCC5)on4)COC3)cc2c1. The average molecular weight is 394 g/mol. The van der Waals surface area contributed by atoms with E-state index in [1.807, 2.05) is 24.4 Å². The summed E-state index contributed by atoms with van der Waals surface area (Å²) in [7, 11) is 0. The predicted molar refractivity (Wildman–Crippen MR) is 108 cm³/mol. The molecule has 0 bridgehead atoms. The Morgan fingerprint density at radius 2 is 1.93 bits per heavy atom. The Kier molecular flexibility index (Phi) is 5.28. The summed E-state index contributed by atoms with van der Waals surface area (Å²) in [6, 6.07) is 12.5. The molecule has 0 radical (unpaired) electrons. The van der Waals surface area contributed by atoms with Gasteiger partial charge in [0.2, 0.25) is 0 Å². The third-order valence-electron chi connectivity index (χ3n) is 5.68. The summed E-state index contributed by atoms with van der Waals surface area (Å²) in [6.45, 7) is 6.35. The van der Waals surface area contributed by atoms with E-state index in [0.717, 1.165) is 68.2 Å². The Morgan fingerprint density at radius 3 is 2.76 bits per heavy atom. The van der Waals surface area contributed by atoms with E-state index in [2.05, 4.69) is 38.6 Å². The summed E-state index contributed by atoms with van der Waals surface area (Å²) in [5.74, 6) is 0.913. The third-order valence-corrected chi connectivity index (χ3v) is 5.68. The Morgan fingerprint density at radius 1 is 1.07 bits per heavy atom. The molecule has 2 aromatic heterocycles. The number of fused-ring (bicyclic) bond motifs is 1. The summed E-state index contributed by atoms with van der Waals surface area (Å²) >= 11 is 0. The van der Waals surface area contributed by atoms with Crippen LogP contribution in [0.4, 0.5) is 0 Å². The van der Waals surface area contributed by atoms with Gasteiger partial charge in [-0.25, -0.2) is 0 Å². The molecule has 29 heavy (non-hydrogen) atoms. The molecule has 2 saturated heterocycles. The zero-order valence-corrected chi connectivity index (χ0v) is 16.5. The van der Waals surface area contributed by atoms with Gasteiger partial charge in [0, 0.05) is 43.7 Å². The summed E-state index contributed by atoms with van der Waals surface area (Å²) < 4.78 is 16.5. The first-order valence-electron chi connectivity index (χ1n) is 10.2. The van der Waals surface area contributed by atoms with E-state index in [0.29, 0.717) is 13.2 Å². The zero-order valence-electron chi connectivity index (χ0n) is 16.5. The number of aromatic nitrogens is 2. The molecular weight excluding hydrogens is 368 g/mol. The molecule has 3 aromatic rings. The van der Waals surface area contributed by atoms with E-state index in [-0.39, 0.29) is 5.54 Å². The highest BCUT2D eigenvalue weighted by molar-refractivity contribution is 5.78. The normalized spacial score (nSPS) is 19.3. The molecule has 1 N–H and O–H groups in total. The smallest absolute Gasteiger partial charge is 0.150 e. The molecule has 2 fully saturated rings. The van der Waals surface area contributed by atoms with Crippen LogP contribution in [-0.2, 0) is 29.0 Å². The largest absolute Gasteiger partial charge is 0.379 e. The molecule has 0 saturated carbocycles. The second kappa shape index (κ2) is 8.20. The lowest BCUT2D eigenvalue weighted by Gasteiger charge is -2.42. The van der Waals surface area contributed by atoms with Gasteiger partial charge in [-0.15, -0.1) is 0 Å². The minimum absolute atomic E-state index is 0.0985. The first-order valence-corrected chi connectivity index (χ1v) is 10.2. The molecule has 0 aliphatic carbocycles. The van der Waals surface area contributed by atoms with Gasteiger partial charge in [-0.05, 0) is 17.7 Å². The Balaban J connectivity index is 1.21. The molecule has 5 rings (SSSR count). The molecule has 0 amide bonds. The van der Waals surface area contributed by atoms with Crippen molar-refractivity contribution in [1.82, 2.24) is 20.4 Å². The molecule has 0 unspecified atom stereocenters. The van der Waals surface area contributed by atoms with Crippen LogP contribution in [0.3, 0.4) is 0 Å². The fourth-order valence-corrected chi connectivity index (χ4v) is 3.96. The minimum Gasteiger partial charge on any atom is -0.379 e. The number of para-hydroxylation sites is 1. The maximum absolute atomic E-state index is 5.58. The molecule has 4 heterocycles. The van der Waals surface area contributed by atoms with Gasteiger partial charge in [-0.3, -0.25) is 9.88 Å². The molecule has 0 atom stereocenters. The Bertz CT molecular complexity index is 963. The number of ether oxygens (including phenoxy) is 2. The molecule has 7 nitrogen and oxygen atoms in total. The number of hydrogen-bond acceptors (Lipinski definition) is 7. The summed E-state index contributed by atoms with van der Waals surface area (Å²) in [5, 5.41) is 9.14. The second-order valence-electron chi connectivity index (χ2n) is 8.01. The van der Waals surface area contributed by atoms with Crippen molar-refractivity contribution in [2.75, 3.05) is 39.5 Å². The number of benzene rings is 1. The van der Waals surface area contributed by atoms with Crippen molar-refractivity contribution in [3.05, 3.63) is 59.6 Å². The van der Waals surface area contributed by atoms with Crippen LogP contribution in [0.5, 0.6) is 0 Å². The van der Waals surface area contributed by atoms with Gasteiger partial charge in [0.25, 0.3) is 0 Å². The second-order valence-corrected chi connectivity index (χ2v) is 8.01. The van der Waals surface area contributed by atoms with Crippen molar-refractivity contribution in [2.45, 2.75) is 25.0 Å². The number of pyridine rings is 1. The van der Waals surface area contributed by atoms with Crippen LogP contribution >= 0.6 is 0 Å². The lowest BCUT2D eigenvalue weighted by molar-refractivity contribution is -0.0755. The molecule has 0 spiro atoms. The van der Waals surface area contributed by atoms with Crippen molar-refractivity contribution < 1.29 is 14.0 Å².